The molecule has 156 valence electrons. The number of rotatable bonds is 5. The van der Waals surface area contributed by atoms with Gasteiger partial charge in [0.05, 0.1) is 15.1 Å². The summed E-state index contributed by atoms with van der Waals surface area (Å²) in [7, 11) is 0. The average Bonchev–Trinajstić information content (AvgIpc) is 3.09. The van der Waals surface area contributed by atoms with Gasteiger partial charge in [0, 0.05) is 10.6 Å². The third-order valence-corrected chi connectivity index (χ3v) is 6.08. The SMILES string of the molecule is O=C1NC(=Nc2ccc(Cl)cc2)S/C1=C\c1ccc(OCc2ccccc2F)c(Br)c1. The fraction of sp³-hybridized carbons (Fsp3) is 0.0435. The van der Waals surface area contributed by atoms with Crippen LogP contribution in [0.15, 0.2) is 81.1 Å². The number of carbonyl (C=O) groups is 1. The van der Waals surface area contributed by atoms with Gasteiger partial charge in [0.25, 0.3) is 5.91 Å². The van der Waals surface area contributed by atoms with Gasteiger partial charge in [-0.3, -0.25) is 4.79 Å². The Balaban J connectivity index is 1.46. The number of nitrogens with one attached hydrogen (secondary N) is 1. The van der Waals surface area contributed by atoms with Gasteiger partial charge in [-0.05, 0) is 81.8 Å². The standard InChI is InChI=1S/C23H15BrClFN2O2S/c24-18-11-14(5-10-20(18)30-13-15-3-1-2-4-19(15)26)12-21-22(29)28-23(31-21)27-17-8-6-16(25)7-9-17/h1-12H,13H2,(H,27,28,29)/b21-12-. The smallest absolute Gasteiger partial charge is 0.264 e. The van der Waals surface area contributed by atoms with Crippen LogP contribution in [0.1, 0.15) is 11.1 Å². The molecule has 1 saturated heterocycles. The zero-order valence-electron chi connectivity index (χ0n) is 15.9. The van der Waals surface area contributed by atoms with Gasteiger partial charge in [0.2, 0.25) is 0 Å². The first kappa shape index (κ1) is 21.6. The van der Waals surface area contributed by atoms with Gasteiger partial charge in [-0.2, -0.15) is 0 Å². The van der Waals surface area contributed by atoms with Gasteiger partial charge in [0.1, 0.15) is 18.2 Å². The molecule has 1 aliphatic rings. The maximum absolute atomic E-state index is 13.8. The second-order valence-electron chi connectivity index (χ2n) is 6.53. The highest BCUT2D eigenvalue weighted by atomic mass is 79.9. The topological polar surface area (TPSA) is 50.7 Å². The van der Waals surface area contributed by atoms with Gasteiger partial charge >= 0.3 is 0 Å². The molecular weight excluding hydrogens is 503 g/mol. The summed E-state index contributed by atoms with van der Waals surface area (Å²) in [5, 5.41) is 3.88. The summed E-state index contributed by atoms with van der Waals surface area (Å²) in [5.41, 5.74) is 2.00. The lowest BCUT2D eigenvalue weighted by Crippen LogP contribution is -2.19. The minimum atomic E-state index is -0.305. The summed E-state index contributed by atoms with van der Waals surface area (Å²) < 4.78 is 20.2. The molecule has 0 saturated carbocycles. The van der Waals surface area contributed by atoms with Crippen molar-refractivity contribution in [1.29, 1.82) is 0 Å². The molecule has 3 aromatic rings. The molecule has 1 amide bonds. The molecule has 1 fully saturated rings. The van der Waals surface area contributed by atoms with Crippen molar-refractivity contribution >= 4 is 62.1 Å². The van der Waals surface area contributed by atoms with Crippen LogP contribution in [0.2, 0.25) is 5.02 Å². The number of ether oxygens (including phenoxy) is 1. The van der Waals surface area contributed by atoms with Crippen molar-refractivity contribution in [2.75, 3.05) is 0 Å². The Hall–Kier alpha value is -2.61. The van der Waals surface area contributed by atoms with E-state index in [9.17, 15) is 9.18 Å². The highest BCUT2D eigenvalue weighted by Gasteiger charge is 2.23. The van der Waals surface area contributed by atoms with Gasteiger partial charge in [-0.15, -0.1) is 0 Å². The van der Waals surface area contributed by atoms with Gasteiger partial charge in [-0.1, -0.05) is 35.9 Å². The Morgan fingerprint density at radius 3 is 2.65 bits per heavy atom. The molecule has 0 spiro atoms. The van der Waals surface area contributed by atoms with E-state index in [1.54, 1.807) is 54.6 Å². The van der Waals surface area contributed by atoms with Crippen LogP contribution in [0, 0.1) is 5.82 Å². The summed E-state index contributed by atoms with van der Waals surface area (Å²) in [5.74, 6) is 0.0629. The summed E-state index contributed by atoms with van der Waals surface area (Å²) in [6.07, 6.45) is 1.77. The van der Waals surface area contributed by atoms with Crippen LogP contribution in [-0.2, 0) is 11.4 Å². The molecule has 0 bridgehead atoms. The maximum atomic E-state index is 13.8. The van der Waals surface area contributed by atoms with Crippen LogP contribution in [0.5, 0.6) is 5.75 Å². The van der Waals surface area contributed by atoms with Crippen molar-refractivity contribution in [1.82, 2.24) is 5.32 Å². The lowest BCUT2D eigenvalue weighted by molar-refractivity contribution is -0.115. The first-order valence-electron chi connectivity index (χ1n) is 9.19. The van der Waals surface area contributed by atoms with Crippen LogP contribution in [0.3, 0.4) is 0 Å². The fourth-order valence-corrected chi connectivity index (χ4v) is 4.24. The molecular formula is C23H15BrClFN2O2S. The molecule has 8 heteroatoms. The second-order valence-corrected chi connectivity index (χ2v) is 8.85. The molecule has 1 heterocycles. The van der Waals surface area contributed by atoms with E-state index in [-0.39, 0.29) is 18.3 Å². The number of hydrogen-bond acceptors (Lipinski definition) is 4. The van der Waals surface area contributed by atoms with Crippen molar-refractivity contribution in [2.45, 2.75) is 6.61 Å². The molecule has 0 atom stereocenters. The monoisotopic (exact) mass is 516 g/mol. The van der Waals surface area contributed by atoms with E-state index in [0.29, 0.717) is 36.6 Å². The van der Waals surface area contributed by atoms with Gasteiger partial charge < -0.3 is 10.1 Å². The molecule has 0 unspecified atom stereocenters. The number of amides is 1. The second kappa shape index (κ2) is 9.68. The first-order chi connectivity index (χ1) is 15.0. The largest absolute Gasteiger partial charge is 0.488 e. The molecule has 3 aromatic carbocycles. The van der Waals surface area contributed by atoms with E-state index in [4.69, 9.17) is 16.3 Å². The van der Waals surface area contributed by atoms with Gasteiger partial charge in [0.15, 0.2) is 5.17 Å². The highest BCUT2D eigenvalue weighted by Crippen LogP contribution is 2.31. The molecule has 0 radical (unpaired) electrons. The Bertz CT molecular complexity index is 1200. The number of carbonyl (C=O) groups excluding carboxylic acids is 1. The first-order valence-corrected chi connectivity index (χ1v) is 11.2. The molecule has 1 N–H and O–H groups in total. The maximum Gasteiger partial charge on any atom is 0.264 e. The number of halogens is 3. The zero-order chi connectivity index (χ0) is 21.8. The highest BCUT2D eigenvalue weighted by molar-refractivity contribution is 9.10. The number of nitrogens with zero attached hydrogens (tertiary/aromatic N) is 1. The fourth-order valence-electron chi connectivity index (χ4n) is 2.76. The summed E-state index contributed by atoms with van der Waals surface area (Å²) in [4.78, 5) is 17.3. The van der Waals surface area contributed by atoms with E-state index in [2.05, 4.69) is 26.2 Å². The summed E-state index contributed by atoms with van der Waals surface area (Å²) in [6, 6.07) is 19.0. The molecule has 0 aliphatic carbocycles. The van der Waals surface area contributed by atoms with Crippen LogP contribution < -0.4 is 10.1 Å². The van der Waals surface area contributed by atoms with Crippen molar-refractivity contribution < 1.29 is 13.9 Å². The van der Waals surface area contributed by atoms with Crippen LogP contribution in [0.25, 0.3) is 6.08 Å². The van der Waals surface area contributed by atoms with E-state index < -0.39 is 0 Å². The molecule has 0 aromatic heterocycles. The number of benzene rings is 3. The molecule has 4 nitrogen and oxygen atoms in total. The Morgan fingerprint density at radius 2 is 1.90 bits per heavy atom. The van der Waals surface area contributed by atoms with Gasteiger partial charge in [-0.25, -0.2) is 9.38 Å². The van der Waals surface area contributed by atoms with Crippen molar-refractivity contribution in [3.8, 4) is 5.75 Å². The summed E-state index contributed by atoms with van der Waals surface area (Å²) >= 11 is 10.6. The minimum absolute atomic E-state index is 0.120. The molecule has 31 heavy (non-hydrogen) atoms. The molecule has 4 rings (SSSR count). The molecule has 1 aliphatic heterocycles. The lowest BCUT2D eigenvalue weighted by atomic mass is 10.2. The number of thioether (sulfide) groups is 1. The quantitative estimate of drug-likeness (QED) is 0.383. The predicted octanol–water partition coefficient (Wildman–Crippen LogP) is 6.71. The van der Waals surface area contributed by atoms with E-state index in [1.165, 1.54) is 17.8 Å². The van der Waals surface area contributed by atoms with E-state index in [1.807, 2.05) is 12.1 Å². The Morgan fingerprint density at radius 1 is 1.13 bits per heavy atom. The zero-order valence-corrected chi connectivity index (χ0v) is 19.1. The van der Waals surface area contributed by atoms with Crippen molar-refractivity contribution in [3.63, 3.8) is 0 Å². The van der Waals surface area contributed by atoms with Crippen molar-refractivity contribution in [3.05, 3.63) is 98.1 Å². The normalized spacial score (nSPS) is 16.0. The number of amidine groups is 1. The minimum Gasteiger partial charge on any atom is -0.488 e. The third kappa shape index (κ3) is 5.55. The predicted molar refractivity (Wildman–Crippen MR) is 127 cm³/mol. The third-order valence-electron chi connectivity index (χ3n) is 4.30. The lowest BCUT2D eigenvalue weighted by Gasteiger charge is -2.09. The Kier molecular flexibility index (Phi) is 6.75. The van der Waals surface area contributed by atoms with Crippen LogP contribution in [0.4, 0.5) is 10.1 Å². The van der Waals surface area contributed by atoms with E-state index in [0.717, 1.165) is 5.56 Å². The van der Waals surface area contributed by atoms with Crippen molar-refractivity contribution in [2.24, 2.45) is 4.99 Å². The number of hydrogen-bond donors (Lipinski definition) is 1. The van der Waals surface area contributed by atoms with Crippen LogP contribution in [-0.4, -0.2) is 11.1 Å². The number of aliphatic imine (C=N–C) groups is 1. The Labute approximate surface area is 196 Å². The average molecular weight is 518 g/mol. The summed E-state index contributed by atoms with van der Waals surface area (Å²) in [6.45, 7) is 0.120. The van der Waals surface area contributed by atoms with Crippen LogP contribution >= 0.6 is 39.3 Å². The van der Waals surface area contributed by atoms with E-state index >= 15 is 0 Å².